The number of amides is 1. The first kappa shape index (κ1) is 24.5. The number of esters is 2. The molecular formula is C26H26ClN3O5. The maximum absolute atomic E-state index is 14.0. The van der Waals surface area contributed by atoms with Crippen LogP contribution in [0.4, 0.5) is 11.4 Å². The van der Waals surface area contributed by atoms with Crippen LogP contribution in [0.15, 0.2) is 64.7 Å². The molecule has 1 atom stereocenters. The fourth-order valence-electron chi connectivity index (χ4n) is 4.91. The lowest BCUT2D eigenvalue weighted by molar-refractivity contribution is -0.141. The number of likely N-dealkylation sites (N-methyl/N-ethyl adjacent to an activating group) is 1. The molecule has 2 aromatic carbocycles. The molecule has 1 spiro atoms. The number of methoxy groups -OCH3 is 2. The molecule has 2 aliphatic rings. The number of halogens is 1. The zero-order valence-electron chi connectivity index (χ0n) is 20.4. The normalized spacial score (nSPS) is 20.7. The number of carbonyl (C=O) groups is 3. The molecule has 182 valence electrons. The molecule has 0 aromatic heterocycles. The monoisotopic (exact) mass is 495 g/mol. The number of aliphatic imine (C=N–C) groups is 1. The van der Waals surface area contributed by atoms with Crippen molar-refractivity contribution >= 4 is 46.5 Å². The first-order valence-electron chi connectivity index (χ1n) is 10.9. The minimum Gasteiger partial charge on any atom is -0.466 e. The Balaban J connectivity index is 2.21. The van der Waals surface area contributed by atoms with Gasteiger partial charge in [0.05, 0.1) is 24.9 Å². The molecule has 35 heavy (non-hydrogen) atoms. The van der Waals surface area contributed by atoms with Gasteiger partial charge in [-0.1, -0.05) is 41.9 Å². The van der Waals surface area contributed by atoms with Gasteiger partial charge in [0.25, 0.3) is 5.91 Å². The third-order valence-corrected chi connectivity index (χ3v) is 6.53. The molecule has 8 nitrogen and oxygen atoms in total. The summed E-state index contributed by atoms with van der Waals surface area (Å²) in [4.78, 5) is 48.5. The first-order valence-corrected chi connectivity index (χ1v) is 11.3. The lowest BCUT2D eigenvalue weighted by Gasteiger charge is -2.49. The second kappa shape index (κ2) is 8.53. The first-order chi connectivity index (χ1) is 16.5. The summed E-state index contributed by atoms with van der Waals surface area (Å²) in [6.07, 6.45) is 0. The molecule has 9 heteroatoms. The molecule has 2 heterocycles. The Kier molecular flexibility index (Phi) is 5.97. The standard InChI is InChI=1S/C26H26ClN3O5/c1-25(2,3)30-22(31)19(23(32)34-5)20(24(33)35-6)26(30)21(28-17-13-9-8-12-16(17)27)15-11-7-10-14-18(15)29(26)4/h7-14H,1-6H3. The summed E-state index contributed by atoms with van der Waals surface area (Å²) >= 11 is 6.47. The summed E-state index contributed by atoms with van der Waals surface area (Å²) in [6.45, 7) is 5.48. The molecule has 0 bridgehead atoms. The van der Waals surface area contributed by atoms with Crippen LogP contribution in [0.1, 0.15) is 26.3 Å². The minimum absolute atomic E-state index is 0.156. The van der Waals surface area contributed by atoms with Crippen molar-refractivity contribution < 1.29 is 23.9 Å². The Morgan fingerprint density at radius 3 is 2.17 bits per heavy atom. The molecule has 0 N–H and O–H groups in total. The largest absolute Gasteiger partial charge is 0.466 e. The van der Waals surface area contributed by atoms with Gasteiger partial charge < -0.3 is 19.3 Å². The summed E-state index contributed by atoms with van der Waals surface area (Å²) in [5, 5.41) is 0.394. The zero-order valence-corrected chi connectivity index (χ0v) is 21.1. The summed E-state index contributed by atoms with van der Waals surface area (Å²) in [6, 6.07) is 14.4. The van der Waals surface area contributed by atoms with Crippen LogP contribution >= 0.6 is 11.6 Å². The number of carbonyl (C=O) groups excluding carboxylic acids is 3. The van der Waals surface area contributed by atoms with Crippen LogP contribution in [-0.2, 0) is 23.9 Å². The quantitative estimate of drug-likeness (QED) is 0.474. The number of rotatable bonds is 3. The lowest BCUT2D eigenvalue weighted by atomic mass is 9.88. The number of hydrogen-bond donors (Lipinski definition) is 0. The van der Waals surface area contributed by atoms with Gasteiger partial charge in [0, 0.05) is 23.8 Å². The van der Waals surface area contributed by atoms with Crippen LogP contribution in [0.25, 0.3) is 0 Å². The van der Waals surface area contributed by atoms with Gasteiger partial charge in [-0.25, -0.2) is 14.6 Å². The van der Waals surface area contributed by atoms with E-state index in [1.54, 1.807) is 36.2 Å². The summed E-state index contributed by atoms with van der Waals surface area (Å²) in [5.74, 6) is -2.42. The average Bonchev–Trinajstić information content (AvgIpc) is 3.24. The van der Waals surface area contributed by atoms with Crippen molar-refractivity contribution in [2.75, 3.05) is 26.2 Å². The van der Waals surface area contributed by atoms with E-state index in [0.717, 1.165) is 7.11 Å². The molecular weight excluding hydrogens is 470 g/mol. The van der Waals surface area contributed by atoms with E-state index in [0.29, 0.717) is 27.7 Å². The lowest BCUT2D eigenvalue weighted by Crippen LogP contribution is -2.67. The Labute approximate surface area is 208 Å². The van der Waals surface area contributed by atoms with Gasteiger partial charge in [-0.3, -0.25) is 4.79 Å². The molecule has 2 aliphatic heterocycles. The minimum atomic E-state index is -1.60. The number of benzene rings is 2. The highest BCUT2D eigenvalue weighted by Crippen LogP contribution is 2.52. The third kappa shape index (κ3) is 3.43. The molecule has 0 aliphatic carbocycles. The van der Waals surface area contributed by atoms with Crippen molar-refractivity contribution in [1.29, 1.82) is 0 Å². The third-order valence-electron chi connectivity index (χ3n) is 6.21. The van der Waals surface area contributed by atoms with E-state index in [4.69, 9.17) is 26.1 Å². The summed E-state index contributed by atoms with van der Waals surface area (Å²) in [5.41, 5.74) is -0.787. The maximum Gasteiger partial charge on any atom is 0.344 e. The Hall–Kier alpha value is -3.65. The van der Waals surface area contributed by atoms with E-state index in [1.807, 2.05) is 45.0 Å². The van der Waals surface area contributed by atoms with Crippen molar-refractivity contribution in [2.24, 2.45) is 4.99 Å². The van der Waals surface area contributed by atoms with Crippen molar-refractivity contribution in [3.63, 3.8) is 0 Å². The predicted molar refractivity (Wildman–Crippen MR) is 133 cm³/mol. The number of nitrogens with zero attached hydrogens (tertiary/aromatic N) is 3. The van der Waals surface area contributed by atoms with Crippen LogP contribution < -0.4 is 4.90 Å². The van der Waals surface area contributed by atoms with Crippen LogP contribution in [0.5, 0.6) is 0 Å². The summed E-state index contributed by atoms with van der Waals surface area (Å²) in [7, 11) is 4.12. The second-order valence-corrected chi connectivity index (χ2v) is 9.61. The van der Waals surface area contributed by atoms with E-state index >= 15 is 0 Å². The maximum atomic E-state index is 14.0. The molecule has 4 rings (SSSR count). The zero-order chi connectivity index (χ0) is 25.7. The van der Waals surface area contributed by atoms with Crippen molar-refractivity contribution in [2.45, 2.75) is 32.0 Å². The molecule has 0 saturated heterocycles. The van der Waals surface area contributed by atoms with Crippen molar-refractivity contribution in [3.05, 3.63) is 70.3 Å². The van der Waals surface area contributed by atoms with Crippen LogP contribution in [0, 0.1) is 0 Å². The number of para-hydroxylation sites is 2. The van der Waals surface area contributed by atoms with Gasteiger partial charge in [0.15, 0.2) is 5.66 Å². The Morgan fingerprint density at radius 1 is 0.971 bits per heavy atom. The molecule has 2 aromatic rings. The van der Waals surface area contributed by atoms with Gasteiger partial charge in [-0.2, -0.15) is 0 Å². The van der Waals surface area contributed by atoms with E-state index < -0.39 is 29.0 Å². The highest BCUT2D eigenvalue weighted by Gasteiger charge is 2.67. The second-order valence-electron chi connectivity index (χ2n) is 9.20. The fraction of sp³-hybridized carbons (Fsp3) is 0.308. The summed E-state index contributed by atoms with van der Waals surface area (Å²) < 4.78 is 10.1. The number of fused-ring (bicyclic) bond motifs is 1. The number of ether oxygens (including phenoxy) is 2. The topological polar surface area (TPSA) is 88.5 Å². The number of hydrogen-bond acceptors (Lipinski definition) is 7. The highest BCUT2D eigenvalue weighted by molar-refractivity contribution is 6.35. The van der Waals surface area contributed by atoms with Crippen molar-refractivity contribution in [3.8, 4) is 0 Å². The molecule has 1 unspecified atom stereocenters. The van der Waals surface area contributed by atoms with Crippen LogP contribution in [0.2, 0.25) is 5.02 Å². The smallest absolute Gasteiger partial charge is 0.344 e. The van der Waals surface area contributed by atoms with E-state index in [9.17, 15) is 14.4 Å². The molecule has 0 saturated carbocycles. The van der Waals surface area contributed by atoms with Gasteiger partial charge in [0.1, 0.15) is 16.9 Å². The van der Waals surface area contributed by atoms with Gasteiger partial charge >= 0.3 is 11.9 Å². The van der Waals surface area contributed by atoms with Gasteiger partial charge in [0.2, 0.25) is 0 Å². The fourth-order valence-corrected chi connectivity index (χ4v) is 5.09. The highest BCUT2D eigenvalue weighted by atomic mass is 35.5. The molecule has 1 amide bonds. The predicted octanol–water partition coefficient (Wildman–Crippen LogP) is 3.89. The van der Waals surface area contributed by atoms with E-state index in [2.05, 4.69) is 0 Å². The van der Waals surface area contributed by atoms with Gasteiger partial charge in [-0.05, 0) is 39.0 Å². The molecule has 0 radical (unpaired) electrons. The molecule has 0 fully saturated rings. The van der Waals surface area contributed by atoms with Crippen LogP contribution in [-0.4, -0.2) is 60.9 Å². The Morgan fingerprint density at radius 2 is 1.57 bits per heavy atom. The Bertz CT molecular complexity index is 1310. The van der Waals surface area contributed by atoms with E-state index in [1.165, 1.54) is 12.0 Å². The van der Waals surface area contributed by atoms with Gasteiger partial charge in [-0.15, -0.1) is 0 Å². The average molecular weight is 496 g/mol. The SMILES string of the molecule is COC(=O)C1=C(C(=O)OC)C2(C(=Nc3ccccc3Cl)c3ccccc3N2C)N(C(C)(C)C)C1=O. The van der Waals surface area contributed by atoms with Crippen molar-refractivity contribution in [1.82, 2.24) is 4.90 Å². The van der Waals surface area contributed by atoms with E-state index in [-0.39, 0.29) is 11.1 Å². The number of anilines is 1. The van der Waals surface area contributed by atoms with Crippen LogP contribution in [0.3, 0.4) is 0 Å².